The van der Waals surface area contributed by atoms with Crippen LogP contribution in [0.1, 0.15) is 28.6 Å². The molecule has 2 aromatic rings. The molecule has 0 aliphatic heterocycles. The van der Waals surface area contributed by atoms with Crippen molar-refractivity contribution in [3.05, 3.63) is 47.0 Å². The fourth-order valence-corrected chi connectivity index (χ4v) is 4.92. The van der Waals surface area contributed by atoms with Gasteiger partial charge >= 0.3 is 0 Å². The van der Waals surface area contributed by atoms with Gasteiger partial charge in [0.1, 0.15) is 24.0 Å². The van der Waals surface area contributed by atoms with Crippen molar-refractivity contribution < 1.29 is 38.7 Å². The van der Waals surface area contributed by atoms with Crippen LogP contribution in [0.5, 0.6) is 0 Å². The van der Waals surface area contributed by atoms with Gasteiger partial charge in [0.15, 0.2) is 10.9 Å². The number of sulfonamides is 1. The minimum atomic E-state index is -3.64. The number of carbonyl (C=O) groups is 1. The Kier molecular flexibility index (Phi) is 9.63. The number of aliphatic hydroxyl groups is 5. The fraction of sp³-hybridized carbons (Fsp3) is 0.474. The number of aromatic nitrogens is 1. The van der Waals surface area contributed by atoms with Crippen LogP contribution in [0.15, 0.2) is 35.7 Å². The van der Waals surface area contributed by atoms with Gasteiger partial charge in [0.05, 0.1) is 12.4 Å². The summed E-state index contributed by atoms with van der Waals surface area (Å²) in [4.78, 5) is 16.6. The number of anilines is 1. The molecule has 1 aromatic carbocycles. The highest BCUT2D eigenvalue weighted by Crippen LogP contribution is 2.30. The predicted molar refractivity (Wildman–Crippen MR) is 125 cm³/mol. The van der Waals surface area contributed by atoms with E-state index in [-0.39, 0.29) is 22.8 Å². The van der Waals surface area contributed by atoms with Gasteiger partial charge in [-0.3, -0.25) is 9.52 Å². The van der Waals surface area contributed by atoms with Gasteiger partial charge in [0.25, 0.3) is 5.91 Å². The molecule has 184 valence electrons. The Morgan fingerprint density at radius 1 is 1.21 bits per heavy atom. The van der Waals surface area contributed by atoms with E-state index in [0.29, 0.717) is 5.75 Å². The molecule has 1 aromatic heterocycles. The highest BCUT2D eigenvalue weighted by Gasteiger charge is 2.49. The van der Waals surface area contributed by atoms with Crippen molar-refractivity contribution in [2.24, 2.45) is 0 Å². The molecular weight excluding hydrogens is 494 g/mol. The van der Waals surface area contributed by atoms with E-state index < -0.39 is 46.1 Å². The third-order valence-corrected chi connectivity index (χ3v) is 6.74. The molecule has 0 saturated carbocycles. The summed E-state index contributed by atoms with van der Waals surface area (Å²) >= 11 is 2.20. The van der Waals surface area contributed by atoms with Crippen LogP contribution >= 0.6 is 23.1 Å². The molecule has 1 amide bonds. The van der Waals surface area contributed by atoms with E-state index >= 15 is 0 Å². The van der Waals surface area contributed by atoms with Crippen molar-refractivity contribution in [1.29, 1.82) is 0 Å². The lowest BCUT2D eigenvalue weighted by atomic mass is 9.88. The van der Waals surface area contributed by atoms with E-state index in [4.69, 9.17) is 0 Å². The lowest BCUT2D eigenvalue weighted by molar-refractivity contribution is -0.204. The van der Waals surface area contributed by atoms with Crippen LogP contribution in [-0.2, 0) is 10.0 Å². The predicted octanol–water partition coefficient (Wildman–Crippen LogP) is -0.498. The van der Waals surface area contributed by atoms with Crippen molar-refractivity contribution in [3.63, 3.8) is 0 Å². The second-order valence-corrected chi connectivity index (χ2v) is 10.9. The summed E-state index contributed by atoms with van der Waals surface area (Å²) in [6.07, 6.45) is -4.72. The number of nitrogens with one attached hydrogen (secondary N) is 2. The van der Waals surface area contributed by atoms with Crippen LogP contribution in [0.4, 0.5) is 5.13 Å². The molecule has 11 nitrogen and oxygen atoms in total. The van der Waals surface area contributed by atoms with E-state index in [1.165, 1.54) is 29.3 Å². The SMILES string of the molecule is CSCCC(O)C(O)C(O)C(O)(NC(=O)c1csc(NS(C)(=O)=O)n1)C(O)c1ccccc1. The van der Waals surface area contributed by atoms with Gasteiger partial charge in [-0.05, 0) is 24.0 Å². The van der Waals surface area contributed by atoms with Crippen LogP contribution < -0.4 is 10.0 Å². The maximum absolute atomic E-state index is 12.8. The second-order valence-electron chi connectivity index (χ2n) is 7.29. The first-order valence-corrected chi connectivity index (χ1v) is 13.8. The van der Waals surface area contributed by atoms with Crippen LogP contribution in [0.2, 0.25) is 0 Å². The van der Waals surface area contributed by atoms with E-state index in [9.17, 15) is 38.7 Å². The van der Waals surface area contributed by atoms with Crippen LogP contribution in [0.25, 0.3) is 0 Å². The van der Waals surface area contributed by atoms with Crippen molar-refractivity contribution in [3.8, 4) is 0 Å². The Morgan fingerprint density at radius 3 is 2.42 bits per heavy atom. The average molecular weight is 522 g/mol. The molecule has 1 heterocycles. The highest BCUT2D eigenvalue weighted by atomic mass is 32.2. The van der Waals surface area contributed by atoms with Crippen molar-refractivity contribution in [2.45, 2.75) is 36.6 Å². The molecule has 0 aliphatic rings. The normalized spacial score (nSPS) is 17.4. The van der Waals surface area contributed by atoms with E-state index in [2.05, 4.69) is 15.0 Å². The Morgan fingerprint density at radius 2 is 1.85 bits per heavy atom. The summed E-state index contributed by atoms with van der Waals surface area (Å²) in [5.41, 5.74) is -3.04. The summed E-state index contributed by atoms with van der Waals surface area (Å²) in [7, 11) is -3.64. The van der Waals surface area contributed by atoms with Crippen molar-refractivity contribution in [1.82, 2.24) is 10.3 Å². The summed E-state index contributed by atoms with van der Waals surface area (Å²) in [5.74, 6) is -0.610. The van der Waals surface area contributed by atoms with Gasteiger partial charge in [-0.15, -0.1) is 11.3 Å². The maximum Gasteiger partial charge on any atom is 0.273 e. The Hall–Kier alpha value is -1.78. The molecule has 0 bridgehead atoms. The van der Waals surface area contributed by atoms with Gasteiger partial charge in [0.2, 0.25) is 10.0 Å². The molecule has 5 unspecified atom stereocenters. The number of carbonyl (C=O) groups excluding carboxylic acids is 1. The first-order chi connectivity index (χ1) is 15.4. The lowest BCUT2D eigenvalue weighted by Crippen LogP contribution is -2.65. The molecule has 0 saturated heterocycles. The number of nitrogens with zero attached hydrogens (tertiary/aromatic N) is 1. The number of thiazole rings is 1. The van der Waals surface area contributed by atoms with E-state index in [0.717, 1.165) is 17.6 Å². The number of hydrogen-bond acceptors (Lipinski definition) is 11. The summed E-state index contributed by atoms with van der Waals surface area (Å²) in [5, 5.41) is 56.6. The smallest absolute Gasteiger partial charge is 0.273 e. The molecule has 0 radical (unpaired) electrons. The molecule has 0 aliphatic carbocycles. The number of amides is 1. The highest BCUT2D eigenvalue weighted by molar-refractivity contribution is 7.98. The number of aliphatic hydroxyl groups excluding tert-OH is 4. The van der Waals surface area contributed by atoms with E-state index in [1.807, 2.05) is 0 Å². The van der Waals surface area contributed by atoms with Crippen LogP contribution in [0, 0.1) is 0 Å². The number of hydrogen-bond donors (Lipinski definition) is 7. The van der Waals surface area contributed by atoms with Gasteiger partial charge in [0, 0.05) is 5.38 Å². The fourth-order valence-electron chi connectivity index (χ4n) is 2.90. The first-order valence-electron chi connectivity index (χ1n) is 9.63. The van der Waals surface area contributed by atoms with Crippen LogP contribution in [0.3, 0.4) is 0 Å². The second kappa shape index (κ2) is 11.6. The third kappa shape index (κ3) is 7.35. The Balaban J connectivity index is 2.35. The zero-order valence-corrected chi connectivity index (χ0v) is 20.3. The van der Waals surface area contributed by atoms with Crippen molar-refractivity contribution in [2.75, 3.05) is 23.0 Å². The number of rotatable bonds is 12. The first kappa shape index (κ1) is 27.5. The minimum absolute atomic E-state index is 0.0808. The largest absolute Gasteiger partial charge is 0.390 e. The molecule has 2 rings (SSSR count). The molecule has 0 spiro atoms. The van der Waals surface area contributed by atoms with Crippen molar-refractivity contribution >= 4 is 44.2 Å². The third-order valence-electron chi connectivity index (χ3n) is 4.64. The molecule has 5 atom stereocenters. The van der Waals surface area contributed by atoms with Gasteiger partial charge in [-0.25, -0.2) is 13.4 Å². The number of thioether (sulfide) groups is 1. The maximum atomic E-state index is 12.8. The minimum Gasteiger partial charge on any atom is -0.390 e. The molecular formula is C19H27N3O8S3. The molecule has 33 heavy (non-hydrogen) atoms. The standard InChI is InChI=1S/C19H27N3O8S3/c1-31-9-8-13(23)14(24)16(26)19(28,15(25)11-6-4-3-5-7-11)21-17(27)12-10-32-18(20-12)22-33(2,29)30/h3-7,10,13-16,23-26,28H,8-9H2,1-2H3,(H,20,22)(H,21,27). The monoisotopic (exact) mass is 521 g/mol. The lowest BCUT2D eigenvalue weighted by Gasteiger charge is -2.40. The van der Waals surface area contributed by atoms with E-state index in [1.54, 1.807) is 24.5 Å². The molecule has 7 N–H and O–H groups in total. The van der Waals surface area contributed by atoms with Crippen LogP contribution in [-0.4, -0.2) is 87.1 Å². The van der Waals surface area contributed by atoms with Gasteiger partial charge in [-0.2, -0.15) is 11.8 Å². The topological polar surface area (TPSA) is 189 Å². The summed E-state index contributed by atoms with van der Waals surface area (Å²) in [6, 6.07) is 7.63. The zero-order chi connectivity index (χ0) is 24.8. The summed E-state index contributed by atoms with van der Waals surface area (Å²) in [6.45, 7) is 0. The van der Waals surface area contributed by atoms with Gasteiger partial charge in [-0.1, -0.05) is 30.3 Å². The Bertz CT molecular complexity index is 1020. The quantitative estimate of drug-likeness (QED) is 0.179. The zero-order valence-electron chi connectivity index (χ0n) is 17.8. The average Bonchev–Trinajstić information content (AvgIpc) is 3.23. The summed E-state index contributed by atoms with van der Waals surface area (Å²) < 4.78 is 24.8. The molecule has 14 heteroatoms. The number of benzene rings is 1. The Labute approximate surface area is 199 Å². The molecule has 0 fully saturated rings. The van der Waals surface area contributed by atoms with Gasteiger partial charge < -0.3 is 30.8 Å².